The van der Waals surface area contributed by atoms with E-state index in [1.165, 1.54) is 10.6 Å². The molecule has 0 aromatic carbocycles. The van der Waals surface area contributed by atoms with E-state index in [2.05, 4.69) is 5.32 Å². The van der Waals surface area contributed by atoms with Gasteiger partial charge in [0.2, 0.25) is 5.91 Å². The summed E-state index contributed by atoms with van der Waals surface area (Å²) in [6, 6.07) is 4.45. The van der Waals surface area contributed by atoms with E-state index in [0.29, 0.717) is 6.42 Å². The highest BCUT2D eigenvalue weighted by atomic mass is 16.4. The van der Waals surface area contributed by atoms with Crippen molar-refractivity contribution in [2.45, 2.75) is 45.2 Å². The Morgan fingerprint density at radius 1 is 1.40 bits per heavy atom. The van der Waals surface area contributed by atoms with Gasteiger partial charge in [0.1, 0.15) is 0 Å². The van der Waals surface area contributed by atoms with Gasteiger partial charge in [0.15, 0.2) is 0 Å². The minimum atomic E-state index is -0.928. The number of carbonyl (C=O) groups excluding carboxylic acids is 1. The second-order valence-corrected chi connectivity index (χ2v) is 4.63. The molecule has 0 aliphatic carbocycles. The summed E-state index contributed by atoms with van der Waals surface area (Å²) in [6.45, 7) is 2.22. The van der Waals surface area contributed by atoms with Crippen LogP contribution in [0.4, 0.5) is 0 Å². The topological polar surface area (TPSA) is 88.4 Å². The van der Waals surface area contributed by atoms with Crippen LogP contribution in [0.2, 0.25) is 0 Å². The van der Waals surface area contributed by atoms with E-state index in [1.54, 1.807) is 18.3 Å². The molecule has 0 bridgehead atoms. The lowest BCUT2D eigenvalue weighted by molar-refractivity contribution is -0.137. The zero-order valence-corrected chi connectivity index (χ0v) is 11.5. The summed E-state index contributed by atoms with van der Waals surface area (Å²) in [5.74, 6) is -1.16. The lowest BCUT2D eigenvalue weighted by atomic mass is 10.1. The van der Waals surface area contributed by atoms with Gasteiger partial charge in [-0.05, 0) is 12.5 Å². The number of aromatic nitrogens is 1. The molecule has 2 N–H and O–H groups in total. The number of aryl methyl sites for hydroxylation is 1. The van der Waals surface area contributed by atoms with Gasteiger partial charge >= 0.3 is 5.97 Å². The quantitative estimate of drug-likeness (QED) is 0.743. The first kappa shape index (κ1) is 15.9. The van der Waals surface area contributed by atoms with Crippen LogP contribution in [0.3, 0.4) is 0 Å². The van der Waals surface area contributed by atoms with Crippen molar-refractivity contribution in [3.63, 3.8) is 0 Å². The molecule has 0 fully saturated rings. The minimum Gasteiger partial charge on any atom is -0.481 e. The molecule has 0 saturated carbocycles. The first-order chi connectivity index (χ1) is 9.52. The predicted molar refractivity (Wildman–Crippen MR) is 74.4 cm³/mol. The van der Waals surface area contributed by atoms with Gasteiger partial charge < -0.3 is 15.0 Å². The Hall–Kier alpha value is -2.11. The van der Waals surface area contributed by atoms with Crippen LogP contribution in [-0.2, 0) is 16.1 Å². The number of hydrogen-bond donors (Lipinski definition) is 2. The van der Waals surface area contributed by atoms with Gasteiger partial charge in [-0.2, -0.15) is 0 Å². The fraction of sp³-hybridized carbons (Fsp3) is 0.500. The number of nitrogens with zero attached hydrogens (tertiary/aromatic N) is 1. The van der Waals surface area contributed by atoms with Crippen LogP contribution in [-0.4, -0.2) is 27.6 Å². The minimum absolute atomic E-state index is 0.0785. The second kappa shape index (κ2) is 8.14. The fourth-order valence-electron chi connectivity index (χ4n) is 1.95. The maximum absolute atomic E-state index is 11.8. The van der Waals surface area contributed by atoms with Gasteiger partial charge in [0.25, 0.3) is 5.56 Å². The van der Waals surface area contributed by atoms with Crippen LogP contribution in [0.15, 0.2) is 29.2 Å². The van der Waals surface area contributed by atoms with Crippen LogP contribution in [0, 0.1) is 0 Å². The molecule has 6 nitrogen and oxygen atoms in total. The molecule has 1 amide bonds. The average molecular weight is 280 g/mol. The van der Waals surface area contributed by atoms with E-state index in [0.717, 1.165) is 6.42 Å². The number of nitrogens with one attached hydrogen (secondary N) is 1. The van der Waals surface area contributed by atoms with Crippen molar-refractivity contribution in [2.75, 3.05) is 0 Å². The van der Waals surface area contributed by atoms with Crippen LogP contribution in [0.1, 0.15) is 32.6 Å². The Morgan fingerprint density at radius 3 is 2.75 bits per heavy atom. The molecule has 20 heavy (non-hydrogen) atoms. The monoisotopic (exact) mass is 280 g/mol. The molecule has 6 heteroatoms. The van der Waals surface area contributed by atoms with Crippen molar-refractivity contribution in [1.82, 2.24) is 9.88 Å². The third kappa shape index (κ3) is 5.69. The highest BCUT2D eigenvalue weighted by Crippen LogP contribution is 2.02. The van der Waals surface area contributed by atoms with E-state index in [-0.39, 0.29) is 36.9 Å². The summed E-state index contributed by atoms with van der Waals surface area (Å²) < 4.78 is 1.45. The molecule has 1 rings (SSSR count). The first-order valence-corrected chi connectivity index (χ1v) is 6.69. The molecule has 1 unspecified atom stereocenters. The van der Waals surface area contributed by atoms with E-state index in [9.17, 15) is 14.4 Å². The predicted octanol–water partition coefficient (Wildman–Crippen LogP) is 0.998. The second-order valence-electron chi connectivity index (χ2n) is 4.63. The summed E-state index contributed by atoms with van der Waals surface area (Å²) in [6.07, 6.45) is 3.13. The zero-order chi connectivity index (χ0) is 15.0. The van der Waals surface area contributed by atoms with E-state index in [1.807, 2.05) is 6.92 Å². The summed E-state index contributed by atoms with van der Waals surface area (Å²) in [5.41, 5.74) is -0.157. The summed E-state index contributed by atoms with van der Waals surface area (Å²) in [4.78, 5) is 33.9. The first-order valence-electron chi connectivity index (χ1n) is 6.69. The highest BCUT2D eigenvalue weighted by Gasteiger charge is 2.14. The summed E-state index contributed by atoms with van der Waals surface area (Å²) in [7, 11) is 0. The summed E-state index contributed by atoms with van der Waals surface area (Å²) >= 11 is 0. The number of carboxylic acid groups (broad SMARTS) is 1. The number of carboxylic acids is 1. The van der Waals surface area contributed by atoms with Crippen molar-refractivity contribution in [3.8, 4) is 0 Å². The lowest BCUT2D eigenvalue weighted by Gasteiger charge is -2.16. The van der Waals surface area contributed by atoms with E-state index in [4.69, 9.17) is 5.11 Å². The molecule has 1 aromatic rings. The Bertz CT molecular complexity index is 510. The number of rotatable bonds is 8. The van der Waals surface area contributed by atoms with Crippen LogP contribution in [0.5, 0.6) is 0 Å². The zero-order valence-electron chi connectivity index (χ0n) is 11.5. The molecule has 1 heterocycles. The lowest BCUT2D eigenvalue weighted by Crippen LogP contribution is -2.37. The summed E-state index contributed by atoms with van der Waals surface area (Å²) in [5, 5.41) is 11.5. The SMILES string of the molecule is CCCC(CC(=O)O)NC(=O)CCn1ccccc1=O. The maximum atomic E-state index is 11.8. The van der Waals surface area contributed by atoms with Crippen molar-refractivity contribution in [2.24, 2.45) is 0 Å². The molecule has 1 aromatic heterocycles. The van der Waals surface area contributed by atoms with Crippen LogP contribution < -0.4 is 10.9 Å². The third-order valence-corrected chi connectivity index (χ3v) is 2.90. The molecule has 0 spiro atoms. The molecular formula is C14H20N2O4. The van der Waals surface area contributed by atoms with Gasteiger partial charge in [0.05, 0.1) is 6.42 Å². The average Bonchev–Trinajstić information content (AvgIpc) is 2.37. The standard InChI is InChI=1S/C14H20N2O4/c1-2-5-11(10-14(19)20)15-12(17)7-9-16-8-4-3-6-13(16)18/h3-4,6,8,11H,2,5,7,9-10H2,1H3,(H,15,17)(H,19,20). The third-order valence-electron chi connectivity index (χ3n) is 2.90. The van der Waals surface area contributed by atoms with Crippen molar-refractivity contribution in [1.29, 1.82) is 0 Å². The van der Waals surface area contributed by atoms with Crippen LogP contribution >= 0.6 is 0 Å². The van der Waals surface area contributed by atoms with Crippen molar-refractivity contribution < 1.29 is 14.7 Å². The molecule has 1 atom stereocenters. The number of carbonyl (C=O) groups is 2. The number of amides is 1. The largest absolute Gasteiger partial charge is 0.481 e. The number of aliphatic carboxylic acids is 1. The number of pyridine rings is 1. The van der Waals surface area contributed by atoms with Gasteiger partial charge in [-0.15, -0.1) is 0 Å². The molecule has 0 saturated heterocycles. The Labute approximate surface area is 117 Å². The normalized spacial score (nSPS) is 11.8. The van der Waals surface area contributed by atoms with E-state index >= 15 is 0 Å². The van der Waals surface area contributed by atoms with Crippen molar-refractivity contribution in [3.05, 3.63) is 34.7 Å². The van der Waals surface area contributed by atoms with Crippen LogP contribution in [0.25, 0.3) is 0 Å². The Kier molecular flexibility index (Phi) is 6.49. The van der Waals surface area contributed by atoms with Gasteiger partial charge in [-0.3, -0.25) is 14.4 Å². The van der Waals surface area contributed by atoms with Gasteiger partial charge in [-0.1, -0.05) is 19.4 Å². The van der Waals surface area contributed by atoms with Crippen molar-refractivity contribution >= 4 is 11.9 Å². The Balaban J connectivity index is 2.47. The molecule has 110 valence electrons. The molecule has 0 radical (unpaired) electrons. The molecular weight excluding hydrogens is 260 g/mol. The fourth-order valence-corrected chi connectivity index (χ4v) is 1.95. The van der Waals surface area contributed by atoms with E-state index < -0.39 is 5.97 Å². The molecule has 0 aliphatic heterocycles. The van der Waals surface area contributed by atoms with Gasteiger partial charge in [-0.25, -0.2) is 0 Å². The maximum Gasteiger partial charge on any atom is 0.305 e. The smallest absolute Gasteiger partial charge is 0.305 e. The number of hydrogen-bond acceptors (Lipinski definition) is 3. The Morgan fingerprint density at radius 2 is 2.15 bits per heavy atom. The van der Waals surface area contributed by atoms with Gasteiger partial charge in [0, 0.05) is 31.3 Å². The highest BCUT2D eigenvalue weighted by molar-refractivity contribution is 5.77. The molecule has 0 aliphatic rings.